The highest BCUT2D eigenvalue weighted by Gasteiger charge is 2.21. The van der Waals surface area contributed by atoms with Crippen molar-refractivity contribution in [3.8, 4) is 0 Å². The van der Waals surface area contributed by atoms with E-state index in [1.807, 2.05) is 34.0 Å². The van der Waals surface area contributed by atoms with Crippen molar-refractivity contribution in [1.82, 2.24) is 0 Å². The molecule has 0 radical (unpaired) electrons. The van der Waals surface area contributed by atoms with Gasteiger partial charge in [0.25, 0.3) is 0 Å². The predicted octanol–water partition coefficient (Wildman–Crippen LogP) is 5.45. The van der Waals surface area contributed by atoms with Gasteiger partial charge in [-0.15, -0.1) is 34.0 Å². The van der Waals surface area contributed by atoms with Gasteiger partial charge in [0.2, 0.25) is 0 Å². The Morgan fingerprint density at radius 3 is 2.75 bits per heavy atom. The van der Waals surface area contributed by atoms with Gasteiger partial charge in [0.1, 0.15) is 0 Å². The third-order valence-electron chi connectivity index (χ3n) is 3.26. The van der Waals surface area contributed by atoms with Gasteiger partial charge in [0, 0.05) is 4.88 Å². The van der Waals surface area contributed by atoms with Crippen LogP contribution in [0.15, 0.2) is 11.5 Å². The second kappa shape index (κ2) is 2.97. The highest BCUT2D eigenvalue weighted by molar-refractivity contribution is 7.38. The van der Waals surface area contributed by atoms with Gasteiger partial charge in [0.15, 0.2) is 0 Å². The van der Waals surface area contributed by atoms with Crippen molar-refractivity contribution in [2.45, 2.75) is 20.3 Å². The van der Waals surface area contributed by atoms with Crippen molar-refractivity contribution in [2.75, 3.05) is 0 Å². The Hall–Kier alpha value is -0.640. The van der Waals surface area contributed by atoms with Crippen LogP contribution in [0.5, 0.6) is 0 Å². The third kappa shape index (κ3) is 0.992. The van der Waals surface area contributed by atoms with Crippen molar-refractivity contribution in [1.29, 1.82) is 0 Å². The predicted molar refractivity (Wildman–Crippen MR) is 77.2 cm³/mol. The Morgan fingerprint density at radius 1 is 1.00 bits per heavy atom. The topological polar surface area (TPSA) is 0 Å². The van der Waals surface area contributed by atoms with Crippen LogP contribution in [0.1, 0.15) is 22.9 Å². The van der Waals surface area contributed by atoms with Crippen LogP contribution in [0.3, 0.4) is 0 Å². The maximum Gasteiger partial charge on any atom is 0.0638 e. The molecule has 0 nitrogen and oxygen atoms in total. The first-order chi connectivity index (χ1) is 7.75. The summed E-state index contributed by atoms with van der Waals surface area (Å²) in [4.78, 5) is 1.54. The summed E-state index contributed by atoms with van der Waals surface area (Å²) in [6, 6.07) is 0. The first-order valence-electron chi connectivity index (χ1n) is 5.35. The zero-order chi connectivity index (χ0) is 10.9. The molecule has 0 unspecified atom stereocenters. The van der Waals surface area contributed by atoms with E-state index < -0.39 is 0 Å². The zero-order valence-corrected chi connectivity index (χ0v) is 11.5. The van der Waals surface area contributed by atoms with Crippen molar-refractivity contribution < 1.29 is 0 Å². The van der Waals surface area contributed by atoms with E-state index in [4.69, 9.17) is 0 Å². The molecule has 0 spiro atoms. The van der Waals surface area contributed by atoms with Crippen LogP contribution in [-0.4, -0.2) is 0 Å². The number of allylic oxidation sites excluding steroid dienone is 2. The van der Waals surface area contributed by atoms with Crippen molar-refractivity contribution in [3.05, 3.63) is 27.5 Å². The lowest BCUT2D eigenvalue weighted by Crippen LogP contribution is -1.71. The molecule has 0 aromatic carbocycles. The fraction of sp³-hybridized carbons (Fsp3) is 0.231. The van der Waals surface area contributed by atoms with E-state index >= 15 is 0 Å². The lowest BCUT2D eigenvalue weighted by Gasteiger charge is -1.89. The van der Waals surface area contributed by atoms with Crippen LogP contribution < -0.4 is 0 Å². The largest absolute Gasteiger partial charge is 0.141 e. The minimum Gasteiger partial charge on any atom is -0.141 e. The smallest absolute Gasteiger partial charge is 0.0638 e. The Morgan fingerprint density at radius 2 is 1.88 bits per heavy atom. The summed E-state index contributed by atoms with van der Waals surface area (Å²) in [7, 11) is 0. The molecule has 0 fully saturated rings. The summed E-state index contributed by atoms with van der Waals surface area (Å²) < 4.78 is 6.12. The van der Waals surface area contributed by atoms with Crippen LogP contribution >= 0.6 is 34.0 Å². The minimum absolute atomic E-state index is 1.15. The molecule has 1 aliphatic carbocycles. The Bertz CT molecular complexity index is 749. The number of hydrogen-bond acceptors (Lipinski definition) is 3. The molecule has 0 saturated carbocycles. The molecule has 0 amide bonds. The van der Waals surface area contributed by atoms with Crippen LogP contribution in [0.4, 0.5) is 0 Å². The maximum absolute atomic E-state index is 2.36. The van der Waals surface area contributed by atoms with E-state index in [2.05, 4.69) is 25.3 Å². The van der Waals surface area contributed by atoms with Crippen molar-refractivity contribution >= 4 is 58.4 Å². The second-order valence-corrected chi connectivity index (χ2v) is 7.26. The number of fused-ring (bicyclic) bond motifs is 5. The Labute approximate surface area is 106 Å². The molecule has 0 saturated heterocycles. The molecule has 3 heterocycles. The molecule has 1 aliphatic rings. The molecule has 3 aromatic heterocycles. The molecule has 0 atom stereocenters. The summed E-state index contributed by atoms with van der Waals surface area (Å²) >= 11 is 5.90. The standard InChI is InChI=1S/C13H10S3/c1-6-3-4-8-9(6)15-13-11(8)16-10-7(2)5-14-12(10)13/h3,5H,4H2,1-2H3. The summed E-state index contributed by atoms with van der Waals surface area (Å²) in [5.74, 6) is 0. The average Bonchev–Trinajstić information content (AvgIpc) is 2.92. The fourth-order valence-corrected chi connectivity index (χ4v) is 6.61. The van der Waals surface area contributed by atoms with E-state index in [1.165, 1.54) is 30.1 Å². The van der Waals surface area contributed by atoms with E-state index in [0.717, 1.165) is 6.42 Å². The zero-order valence-electron chi connectivity index (χ0n) is 9.09. The number of rotatable bonds is 0. The molecule has 4 rings (SSSR count). The quantitative estimate of drug-likeness (QED) is 0.505. The lowest BCUT2D eigenvalue weighted by atomic mass is 10.2. The summed E-state index contributed by atoms with van der Waals surface area (Å²) in [6.07, 6.45) is 3.51. The SMILES string of the molecule is CC1=CCc2c1sc1c2sc2c(C)csc21. The van der Waals surface area contributed by atoms with Gasteiger partial charge in [-0.3, -0.25) is 0 Å². The van der Waals surface area contributed by atoms with E-state index in [1.54, 1.807) is 10.3 Å². The highest BCUT2D eigenvalue weighted by atomic mass is 32.1. The second-order valence-electron chi connectivity index (χ2n) is 4.34. The van der Waals surface area contributed by atoms with Gasteiger partial charge in [0.05, 0.1) is 18.8 Å². The molecule has 16 heavy (non-hydrogen) atoms. The molecule has 0 aliphatic heterocycles. The summed E-state index contributed by atoms with van der Waals surface area (Å²) in [6.45, 7) is 4.46. The molecule has 0 N–H and O–H groups in total. The van der Waals surface area contributed by atoms with Gasteiger partial charge in [-0.2, -0.15) is 0 Å². The monoisotopic (exact) mass is 262 g/mol. The van der Waals surface area contributed by atoms with Gasteiger partial charge < -0.3 is 0 Å². The van der Waals surface area contributed by atoms with Crippen LogP contribution in [-0.2, 0) is 6.42 Å². The van der Waals surface area contributed by atoms with Crippen LogP contribution in [0.25, 0.3) is 24.4 Å². The molecule has 80 valence electrons. The molecular formula is C13H10S3. The summed E-state index contributed by atoms with van der Waals surface area (Å²) in [5, 5.41) is 2.29. The van der Waals surface area contributed by atoms with Crippen molar-refractivity contribution in [2.24, 2.45) is 0 Å². The fourth-order valence-electron chi connectivity index (χ4n) is 2.38. The van der Waals surface area contributed by atoms with Gasteiger partial charge in [-0.05, 0) is 42.3 Å². The Kier molecular flexibility index (Phi) is 1.75. The van der Waals surface area contributed by atoms with Crippen LogP contribution in [0.2, 0.25) is 0 Å². The van der Waals surface area contributed by atoms with Gasteiger partial charge >= 0.3 is 0 Å². The van der Waals surface area contributed by atoms with Gasteiger partial charge in [-0.25, -0.2) is 0 Å². The van der Waals surface area contributed by atoms with Gasteiger partial charge in [-0.1, -0.05) is 6.08 Å². The average molecular weight is 262 g/mol. The Balaban J connectivity index is 2.20. The highest BCUT2D eigenvalue weighted by Crippen LogP contribution is 2.49. The first-order valence-corrected chi connectivity index (χ1v) is 7.86. The molecular weight excluding hydrogens is 252 g/mol. The third-order valence-corrected chi connectivity index (χ3v) is 7.53. The number of aryl methyl sites for hydroxylation is 1. The van der Waals surface area contributed by atoms with E-state index in [9.17, 15) is 0 Å². The molecule has 3 aromatic rings. The maximum atomic E-state index is 2.36. The molecule has 3 heteroatoms. The summed E-state index contributed by atoms with van der Waals surface area (Å²) in [5.41, 5.74) is 4.51. The normalized spacial score (nSPS) is 15.0. The van der Waals surface area contributed by atoms with E-state index in [0.29, 0.717) is 0 Å². The number of thiophene rings is 3. The minimum atomic E-state index is 1.15. The van der Waals surface area contributed by atoms with E-state index in [-0.39, 0.29) is 0 Å². The van der Waals surface area contributed by atoms with Crippen molar-refractivity contribution in [3.63, 3.8) is 0 Å². The molecule has 0 bridgehead atoms. The number of hydrogen-bond donors (Lipinski definition) is 0. The lowest BCUT2D eigenvalue weighted by molar-refractivity contribution is 1.37. The first kappa shape index (κ1) is 9.40. The van der Waals surface area contributed by atoms with Crippen LogP contribution in [0, 0.1) is 6.92 Å².